The molecule has 2 unspecified atom stereocenters. The lowest BCUT2D eigenvalue weighted by Crippen LogP contribution is -2.22. The van der Waals surface area contributed by atoms with Gasteiger partial charge in [-0.15, -0.1) is 11.6 Å². The summed E-state index contributed by atoms with van der Waals surface area (Å²) in [7, 11) is 0. The van der Waals surface area contributed by atoms with Gasteiger partial charge in [0, 0.05) is 0 Å². The van der Waals surface area contributed by atoms with Gasteiger partial charge in [0.2, 0.25) is 0 Å². The molecule has 0 saturated heterocycles. The van der Waals surface area contributed by atoms with Crippen molar-refractivity contribution >= 4 is 11.6 Å². The van der Waals surface area contributed by atoms with Gasteiger partial charge in [-0.1, -0.05) is 6.58 Å². The fourth-order valence-electron chi connectivity index (χ4n) is 0.608. The first-order valence-corrected chi connectivity index (χ1v) is 4.27. The highest BCUT2D eigenvalue weighted by atomic mass is 35.5. The van der Waals surface area contributed by atoms with E-state index in [2.05, 4.69) is 6.58 Å². The normalized spacial score (nSPS) is 15.3. The fourth-order valence-corrected chi connectivity index (χ4v) is 0.698. The summed E-state index contributed by atoms with van der Waals surface area (Å²) in [6.07, 6.45) is -1.02. The molecule has 0 amide bonds. The maximum atomic E-state index is 9.01. The smallest absolute Gasteiger partial charge is 0.196 e. The number of aliphatic hydroxyl groups excluding tert-OH is 1. The van der Waals surface area contributed by atoms with E-state index in [9.17, 15) is 0 Å². The summed E-state index contributed by atoms with van der Waals surface area (Å²) in [6, 6.07) is 0. The summed E-state index contributed by atoms with van der Waals surface area (Å²) < 4.78 is 10.2. The van der Waals surface area contributed by atoms with Crippen LogP contribution in [0.2, 0.25) is 0 Å². The van der Waals surface area contributed by atoms with E-state index in [1.807, 2.05) is 0 Å². The Balaban J connectivity index is 3.43. The second-order valence-electron chi connectivity index (χ2n) is 2.53. The van der Waals surface area contributed by atoms with E-state index in [-0.39, 0.29) is 18.8 Å². The van der Waals surface area contributed by atoms with Crippen LogP contribution in [0.15, 0.2) is 12.3 Å². The Morgan fingerprint density at radius 3 is 2.67 bits per heavy atom. The molecule has 4 heteroatoms. The topological polar surface area (TPSA) is 38.7 Å². The molecule has 0 aliphatic carbocycles. The van der Waals surface area contributed by atoms with Crippen molar-refractivity contribution in [2.24, 2.45) is 0 Å². The lowest BCUT2D eigenvalue weighted by Gasteiger charge is -2.16. The minimum Gasteiger partial charge on any atom is -0.471 e. The van der Waals surface area contributed by atoms with Gasteiger partial charge in [-0.3, -0.25) is 0 Å². The second kappa shape index (κ2) is 6.29. The van der Waals surface area contributed by atoms with E-state index in [0.717, 1.165) is 0 Å². The molecule has 0 aromatic carbocycles. The number of halogens is 1. The molecule has 1 N–H and O–H groups in total. The summed E-state index contributed by atoms with van der Waals surface area (Å²) in [5.41, 5.74) is 0. The quantitative estimate of drug-likeness (QED) is 0.396. The maximum absolute atomic E-state index is 9.01. The van der Waals surface area contributed by atoms with E-state index >= 15 is 0 Å². The van der Waals surface area contributed by atoms with Gasteiger partial charge in [-0.2, -0.15) is 0 Å². The van der Waals surface area contributed by atoms with Gasteiger partial charge in [0.05, 0.1) is 24.4 Å². The number of hydrogen-bond donors (Lipinski definition) is 1. The molecule has 0 heterocycles. The van der Waals surface area contributed by atoms with Crippen molar-refractivity contribution in [3.63, 3.8) is 0 Å². The number of rotatable bonds is 6. The molecular formula is C8H15ClO3. The van der Waals surface area contributed by atoms with Gasteiger partial charge >= 0.3 is 0 Å². The highest BCUT2D eigenvalue weighted by Gasteiger charge is 2.06. The van der Waals surface area contributed by atoms with E-state index in [1.54, 1.807) is 13.8 Å². The Hall–Kier alpha value is -0.250. The summed E-state index contributed by atoms with van der Waals surface area (Å²) in [5, 5.41) is 9.01. The lowest BCUT2D eigenvalue weighted by atomic mass is 10.4. The molecule has 2 atom stereocenters. The van der Waals surface area contributed by atoms with Crippen molar-refractivity contribution in [3.05, 3.63) is 12.3 Å². The summed E-state index contributed by atoms with van der Waals surface area (Å²) in [6.45, 7) is 7.20. The summed E-state index contributed by atoms with van der Waals surface area (Å²) in [4.78, 5) is 0. The molecule has 0 aromatic rings. The molecular weight excluding hydrogens is 180 g/mol. The molecule has 0 bridgehead atoms. The monoisotopic (exact) mass is 194 g/mol. The Bertz CT molecular complexity index is 138. The largest absolute Gasteiger partial charge is 0.471 e. The van der Waals surface area contributed by atoms with Gasteiger partial charge in [-0.25, -0.2) is 0 Å². The van der Waals surface area contributed by atoms with Crippen LogP contribution in [0.5, 0.6) is 0 Å². The number of aliphatic hydroxyl groups is 1. The summed E-state index contributed by atoms with van der Waals surface area (Å²) in [5.74, 6) is 0.752. The first kappa shape index (κ1) is 11.8. The van der Waals surface area contributed by atoms with Crippen molar-refractivity contribution in [1.82, 2.24) is 0 Å². The molecule has 3 nitrogen and oxygen atoms in total. The van der Waals surface area contributed by atoms with Crippen molar-refractivity contribution in [2.45, 2.75) is 26.2 Å². The molecule has 0 aromatic heterocycles. The van der Waals surface area contributed by atoms with Crippen LogP contribution in [-0.2, 0) is 9.47 Å². The molecule has 72 valence electrons. The van der Waals surface area contributed by atoms with Gasteiger partial charge < -0.3 is 14.6 Å². The first-order valence-electron chi connectivity index (χ1n) is 3.74. The van der Waals surface area contributed by atoms with Crippen LogP contribution >= 0.6 is 11.6 Å². The minimum atomic E-state index is -0.636. The van der Waals surface area contributed by atoms with Crippen molar-refractivity contribution in [2.75, 3.05) is 12.5 Å². The zero-order valence-corrected chi connectivity index (χ0v) is 8.17. The van der Waals surface area contributed by atoms with E-state index in [4.69, 9.17) is 26.2 Å². The minimum absolute atomic E-state index is 0.166. The second-order valence-corrected chi connectivity index (χ2v) is 2.84. The molecule has 0 aliphatic rings. The third kappa shape index (κ3) is 6.46. The highest BCUT2D eigenvalue weighted by molar-refractivity contribution is 6.18. The summed E-state index contributed by atoms with van der Waals surface area (Å²) >= 11 is 5.35. The van der Waals surface area contributed by atoms with Crippen LogP contribution < -0.4 is 0 Å². The molecule has 0 aliphatic heterocycles. The standard InChI is InChI=1S/C8H15ClO3/c1-6(2)12-7(3)11-5-8(10)4-9/h7-8,10H,1,4-5H2,2-3H3. The fraction of sp³-hybridized carbons (Fsp3) is 0.750. The Morgan fingerprint density at radius 1 is 1.67 bits per heavy atom. The van der Waals surface area contributed by atoms with E-state index in [0.29, 0.717) is 5.76 Å². The predicted molar refractivity (Wildman–Crippen MR) is 48.0 cm³/mol. The molecule has 0 fully saturated rings. The molecule has 0 radical (unpaired) electrons. The number of ether oxygens (including phenoxy) is 2. The average molecular weight is 195 g/mol. The van der Waals surface area contributed by atoms with Crippen LogP contribution in [-0.4, -0.2) is 30.0 Å². The Morgan fingerprint density at radius 2 is 2.25 bits per heavy atom. The number of alkyl halides is 1. The van der Waals surface area contributed by atoms with E-state index in [1.165, 1.54) is 0 Å². The molecule has 0 saturated carbocycles. The zero-order chi connectivity index (χ0) is 9.56. The van der Waals surface area contributed by atoms with Gasteiger partial charge in [0.15, 0.2) is 6.29 Å². The zero-order valence-electron chi connectivity index (χ0n) is 7.42. The third-order valence-corrected chi connectivity index (χ3v) is 1.42. The van der Waals surface area contributed by atoms with Gasteiger partial charge in [0.25, 0.3) is 0 Å². The SMILES string of the molecule is C=C(C)OC(C)OCC(O)CCl. The van der Waals surface area contributed by atoms with Crippen molar-refractivity contribution < 1.29 is 14.6 Å². The van der Waals surface area contributed by atoms with Crippen molar-refractivity contribution in [3.8, 4) is 0 Å². The first-order chi connectivity index (χ1) is 5.56. The predicted octanol–water partition coefficient (Wildman–Crippen LogP) is 1.50. The van der Waals surface area contributed by atoms with Crippen LogP contribution in [0, 0.1) is 0 Å². The average Bonchev–Trinajstić information content (AvgIpc) is 1.99. The van der Waals surface area contributed by atoms with Crippen LogP contribution in [0.1, 0.15) is 13.8 Å². The van der Waals surface area contributed by atoms with Crippen LogP contribution in [0.4, 0.5) is 0 Å². The third-order valence-electron chi connectivity index (χ3n) is 1.07. The van der Waals surface area contributed by atoms with Crippen LogP contribution in [0.3, 0.4) is 0 Å². The highest BCUT2D eigenvalue weighted by Crippen LogP contribution is 2.01. The number of hydrogen-bond acceptors (Lipinski definition) is 3. The van der Waals surface area contributed by atoms with Gasteiger partial charge in [0.1, 0.15) is 0 Å². The molecule has 12 heavy (non-hydrogen) atoms. The van der Waals surface area contributed by atoms with Crippen molar-refractivity contribution in [1.29, 1.82) is 0 Å². The van der Waals surface area contributed by atoms with Gasteiger partial charge in [-0.05, 0) is 13.8 Å². The molecule has 0 rings (SSSR count). The Kier molecular flexibility index (Phi) is 6.16. The molecule has 0 spiro atoms. The Labute approximate surface area is 77.9 Å². The van der Waals surface area contributed by atoms with Crippen LogP contribution in [0.25, 0.3) is 0 Å². The maximum Gasteiger partial charge on any atom is 0.196 e. The number of allylic oxidation sites excluding steroid dienone is 1. The van der Waals surface area contributed by atoms with E-state index < -0.39 is 6.10 Å². The lowest BCUT2D eigenvalue weighted by molar-refractivity contribution is -0.120.